The van der Waals surface area contributed by atoms with Crippen molar-refractivity contribution in [2.75, 3.05) is 5.32 Å². The lowest BCUT2D eigenvalue weighted by atomic mass is 9.99. The maximum absolute atomic E-state index is 14.2. The summed E-state index contributed by atoms with van der Waals surface area (Å²) in [4.78, 5) is 9.89. The fraction of sp³-hybridized carbons (Fsp3) is 0.227. The normalized spacial score (nSPS) is 15.5. The Morgan fingerprint density at radius 3 is 2.77 bits per heavy atom. The van der Waals surface area contributed by atoms with Gasteiger partial charge in [0.25, 0.3) is 0 Å². The van der Waals surface area contributed by atoms with Crippen LogP contribution in [0.3, 0.4) is 0 Å². The van der Waals surface area contributed by atoms with Gasteiger partial charge in [-0.15, -0.1) is 0 Å². The average Bonchev–Trinajstić information content (AvgIpc) is 3.12. The zero-order chi connectivity index (χ0) is 21.1. The summed E-state index contributed by atoms with van der Waals surface area (Å²) in [5, 5.41) is 19.4. The Kier molecular flexibility index (Phi) is 5.22. The highest BCUT2D eigenvalue weighted by Crippen LogP contribution is 2.27. The van der Waals surface area contributed by atoms with E-state index in [9.17, 15) is 4.39 Å². The number of nitrogens with one attached hydrogen (secondary N) is 3. The highest BCUT2D eigenvalue weighted by atomic mass is 19.1. The molecular weight excluding hydrogens is 383 g/mol. The molecule has 2 aromatic carbocycles. The summed E-state index contributed by atoms with van der Waals surface area (Å²) in [5.41, 5.74) is 0.915. The number of fused-ring (bicyclic) bond motifs is 1. The standard InChI is InChI=1S/C22H23FN6O/c1-14(19-11-17(23)10-15-6-4-5-7-18(15)19)27-20-8-9-25-26-13-16(12-24-20)21-28-22(2,3)30-29-21/h4-14,25H,1-3H3,(H,24,27)(H,28,29)/t14-/m1/s1. The van der Waals surface area contributed by atoms with E-state index in [4.69, 9.17) is 4.84 Å². The minimum Gasteiger partial charge on any atom is -0.366 e. The van der Waals surface area contributed by atoms with Gasteiger partial charge in [0.15, 0.2) is 5.84 Å². The van der Waals surface area contributed by atoms with Crippen molar-refractivity contribution < 1.29 is 9.23 Å². The third-order valence-electron chi connectivity index (χ3n) is 4.68. The second-order valence-electron chi connectivity index (χ2n) is 7.57. The van der Waals surface area contributed by atoms with Crippen LogP contribution in [0.25, 0.3) is 10.8 Å². The van der Waals surface area contributed by atoms with Crippen molar-refractivity contribution >= 4 is 22.4 Å². The molecular formula is C22H23FN6O. The van der Waals surface area contributed by atoms with Crippen LogP contribution in [0.4, 0.5) is 10.2 Å². The number of anilines is 1. The van der Waals surface area contributed by atoms with Gasteiger partial charge >= 0.3 is 0 Å². The second kappa shape index (κ2) is 7.98. The van der Waals surface area contributed by atoms with Gasteiger partial charge in [-0.2, -0.15) is 5.10 Å². The van der Waals surface area contributed by atoms with E-state index in [2.05, 4.69) is 31.0 Å². The SMILES string of the molecule is C[C@@H](Nc1cc[nH]ncc(C2=NOC(C)(C)N2)cn1)c1cc(F)cc2ccccc12. The lowest BCUT2D eigenvalue weighted by molar-refractivity contribution is -0.00234. The zero-order valence-electron chi connectivity index (χ0n) is 17.0. The number of aromatic nitrogens is 3. The number of amidine groups is 1. The number of halogens is 1. The van der Waals surface area contributed by atoms with Crippen LogP contribution in [0, 0.1) is 5.82 Å². The van der Waals surface area contributed by atoms with Gasteiger partial charge in [-0.05, 0) is 55.3 Å². The van der Waals surface area contributed by atoms with Crippen molar-refractivity contribution in [3.63, 3.8) is 0 Å². The molecule has 1 aromatic heterocycles. The molecule has 0 aliphatic carbocycles. The maximum atomic E-state index is 14.2. The van der Waals surface area contributed by atoms with Crippen molar-refractivity contribution in [3.05, 3.63) is 78.0 Å². The molecule has 4 rings (SSSR count). The molecule has 0 fully saturated rings. The van der Waals surface area contributed by atoms with Crippen LogP contribution in [0.5, 0.6) is 0 Å². The molecule has 30 heavy (non-hydrogen) atoms. The Bertz CT molecular complexity index is 1160. The molecule has 0 radical (unpaired) electrons. The topological polar surface area (TPSA) is 87.2 Å². The van der Waals surface area contributed by atoms with Gasteiger partial charge < -0.3 is 15.5 Å². The van der Waals surface area contributed by atoms with E-state index >= 15 is 0 Å². The average molecular weight is 406 g/mol. The summed E-state index contributed by atoms with van der Waals surface area (Å²) >= 11 is 0. The Hall–Kier alpha value is -3.68. The molecule has 0 saturated carbocycles. The number of hydrogen-bond acceptors (Lipinski definition) is 6. The van der Waals surface area contributed by atoms with Crippen LogP contribution in [0.15, 0.2) is 66.2 Å². The van der Waals surface area contributed by atoms with Crippen molar-refractivity contribution in [2.45, 2.75) is 32.5 Å². The predicted molar refractivity (Wildman–Crippen MR) is 115 cm³/mol. The molecule has 7 nitrogen and oxygen atoms in total. The van der Waals surface area contributed by atoms with Crippen LogP contribution >= 0.6 is 0 Å². The van der Waals surface area contributed by atoms with Gasteiger partial charge in [-0.3, -0.25) is 5.10 Å². The number of oxime groups is 1. The van der Waals surface area contributed by atoms with E-state index in [1.165, 1.54) is 6.07 Å². The predicted octanol–water partition coefficient (Wildman–Crippen LogP) is 4.41. The minimum absolute atomic E-state index is 0.184. The minimum atomic E-state index is -0.591. The monoisotopic (exact) mass is 406 g/mol. The number of aromatic amines is 1. The molecule has 3 N–H and O–H groups in total. The molecule has 1 aliphatic heterocycles. The third-order valence-corrected chi connectivity index (χ3v) is 4.68. The van der Waals surface area contributed by atoms with E-state index in [-0.39, 0.29) is 11.9 Å². The van der Waals surface area contributed by atoms with Gasteiger partial charge in [-0.25, -0.2) is 9.37 Å². The first kappa shape index (κ1) is 19.6. The number of H-pyrrole nitrogens is 1. The van der Waals surface area contributed by atoms with Crippen molar-refractivity contribution in [3.8, 4) is 0 Å². The lowest BCUT2D eigenvalue weighted by Crippen LogP contribution is -2.38. The third kappa shape index (κ3) is 4.32. The summed E-state index contributed by atoms with van der Waals surface area (Å²) < 4.78 is 14.2. The fourth-order valence-corrected chi connectivity index (χ4v) is 3.26. The van der Waals surface area contributed by atoms with Crippen LogP contribution in [0.2, 0.25) is 0 Å². The molecule has 0 unspecified atom stereocenters. The van der Waals surface area contributed by atoms with Gasteiger partial charge in [-0.1, -0.05) is 29.4 Å². The molecule has 154 valence electrons. The number of hydrogen-bond donors (Lipinski definition) is 3. The Balaban J connectivity index is 1.66. The van der Waals surface area contributed by atoms with E-state index in [1.807, 2.05) is 45.0 Å². The van der Waals surface area contributed by atoms with Gasteiger partial charge in [0, 0.05) is 12.4 Å². The summed E-state index contributed by atoms with van der Waals surface area (Å²) in [5.74, 6) is 0.860. The Labute approximate surface area is 173 Å². The lowest BCUT2D eigenvalue weighted by Gasteiger charge is -2.17. The van der Waals surface area contributed by atoms with Gasteiger partial charge in [0.05, 0.1) is 17.8 Å². The number of rotatable bonds is 4. The van der Waals surface area contributed by atoms with E-state index < -0.39 is 5.72 Å². The Morgan fingerprint density at radius 2 is 1.97 bits per heavy atom. The van der Waals surface area contributed by atoms with E-state index in [1.54, 1.807) is 30.7 Å². The first-order valence-corrected chi connectivity index (χ1v) is 9.64. The quantitative estimate of drug-likeness (QED) is 0.597. The molecule has 0 spiro atoms. The fourth-order valence-electron chi connectivity index (χ4n) is 3.26. The highest BCUT2D eigenvalue weighted by molar-refractivity contribution is 5.98. The molecule has 0 bridgehead atoms. The summed E-state index contributed by atoms with van der Waals surface area (Å²) in [6.45, 7) is 5.71. The number of benzene rings is 2. The molecule has 3 aromatic rings. The van der Waals surface area contributed by atoms with Crippen LogP contribution in [0.1, 0.15) is 37.9 Å². The molecule has 1 aliphatic rings. The van der Waals surface area contributed by atoms with Crippen molar-refractivity contribution in [1.29, 1.82) is 0 Å². The summed E-state index contributed by atoms with van der Waals surface area (Å²) in [6.07, 6.45) is 4.92. The van der Waals surface area contributed by atoms with E-state index in [0.717, 1.165) is 16.3 Å². The summed E-state index contributed by atoms with van der Waals surface area (Å²) in [7, 11) is 0. The molecule has 1 atom stereocenters. The van der Waals surface area contributed by atoms with Gasteiger partial charge in [0.2, 0.25) is 5.72 Å². The largest absolute Gasteiger partial charge is 0.366 e. The zero-order valence-corrected chi connectivity index (χ0v) is 17.0. The van der Waals surface area contributed by atoms with Crippen LogP contribution < -0.4 is 10.6 Å². The number of nitrogens with zero attached hydrogens (tertiary/aromatic N) is 3. The van der Waals surface area contributed by atoms with Crippen molar-refractivity contribution in [2.24, 2.45) is 5.16 Å². The smallest absolute Gasteiger partial charge is 0.203 e. The Morgan fingerprint density at radius 1 is 1.13 bits per heavy atom. The maximum Gasteiger partial charge on any atom is 0.203 e. The molecule has 8 heteroatoms. The first-order chi connectivity index (χ1) is 14.4. The highest BCUT2D eigenvalue weighted by Gasteiger charge is 2.28. The van der Waals surface area contributed by atoms with Crippen LogP contribution in [-0.2, 0) is 4.84 Å². The van der Waals surface area contributed by atoms with Crippen molar-refractivity contribution in [1.82, 2.24) is 20.5 Å². The molecule has 0 saturated heterocycles. The first-order valence-electron chi connectivity index (χ1n) is 9.64. The molecule has 2 heterocycles. The van der Waals surface area contributed by atoms with E-state index in [0.29, 0.717) is 17.2 Å². The summed E-state index contributed by atoms with van der Waals surface area (Å²) in [6, 6.07) is 12.4. The second-order valence-corrected chi connectivity index (χ2v) is 7.57. The molecule has 0 amide bonds. The van der Waals surface area contributed by atoms with Crippen LogP contribution in [-0.4, -0.2) is 26.7 Å². The van der Waals surface area contributed by atoms with Gasteiger partial charge in [0.1, 0.15) is 11.6 Å².